The van der Waals surface area contributed by atoms with Crippen LogP contribution in [0.2, 0.25) is 0 Å². The van der Waals surface area contributed by atoms with Gasteiger partial charge in [-0.15, -0.1) is 0 Å². The van der Waals surface area contributed by atoms with E-state index in [1.165, 1.54) is 43.5 Å². The predicted octanol–water partition coefficient (Wildman–Crippen LogP) is 4.68. The third-order valence-corrected chi connectivity index (χ3v) is 5.72. The summed E-state index contributed by atoms with van der Waals surface area (Å²) < 4.78 is 5.89. The summed E-state index contributed by atoms with van der Waals surface area (Å²) >= 11 is 0. The van der Waals surface area contributed by atoms with Gasteiger partial charge in [-0.2, -0.15) is 0 Å². The highest BCUT2D eigenvalue weighted by Gasteiger charge is 2.10. The molecule has 2 aromatic rings. The van der Waals surface area contributed by atoms with E-state index in [1.54, 1.807) is 12.1 Å². The second-order valence-electron chi connectivity index (χ2n) is 8.41. The number of phenolic OH excluding ortho intramolecular Hbond substituents is 1. The summed E-state index contributed by atoms with van der Waals surface area (Å²) in [6, 6.07) is 15.6. The highest BCUT2D eigenvalue weighted by atomic mass is 16.5. The Morgan fingerprint density at radius 2 is 1.77 bits per heavy atom. The van der Waals surface area contributed by atoms with Crippen molar-refractivity contribution >= 4 is 5.91 Å². The van der Waals surface area contributed by atoms with Crippen LogP contribution < -0.4 is 10.1 Å². The van der Waals surface area contributed by atoms with Gasteiger partial charge in [-0.05, 0) is 87.0 Å². The number of likely N-dealkylation sites (tertiary alicyclic amines) is 1. The minimum Gasteiger partial charge on any atom is -0.508 e. The molecular formula is C26H36N2O3. The molecule has 0 aromatic heterocycles. The van der Waals surface area contributed by atoms with E-state index in [2.05, 4.69) is 28.4 Å². The summed E-state index contributed by atoms with van der Waals surface area (Å²) in [5, 5.41) is 12.3. The van der Waals surface area contributed by atoms with Crippen molar-refractivity contribution in [1.82, 2.24) is 10.2 Å². The Morgan fingerprint density at radius 1 is 0.968 bits per heavy atom. The van der Waals surface area contributed by atoms with Crippen LogP contribution in [0.4, 0.5) is 0 Å². The molecule has 0 saturated carbocycles. The molecule has 0 aliphatic carbocycles. The number of unbranched alkanes of at least 4 members (excludes halogenated alkanes) is 1. The molecule has 168 valence electrons. The molecule has 0 spiro atoms. The lowest BCUT2D eigenvalue weighted by atomic mass is 10.1. The Balaban J connectivity index is 1.23. The smallest absolute Gasteiger partial charge is 0.219 e. The van der Waals surface area contributed by atoms with Gasteiger partial charge in [0.1, 0.15) is 11.5 Å². The van der Waals surface area contributed by atoms with Gasteiger partial charge >= 0.3 is 0 Å². The molecule has 31 heavy (non-hydrogen) atoms. The predicted molar refractivity (Wildman–Crippen MR) is 124 cm³/mol. The van der Waals surface area contributed by atoms with Crippen molar-refractivity contribution in [2.24, 2.45) is 0 Å². The third kappa shape index (κ3) is 9.01. The molecular weight excluding hydrogens is 388 g/mol. The zero-order valence-corrected chi connectivity index (χ0v) is 18.5. The number of hydrogen-bond acceptors (Lipinski definition) is 4. The first-order valence-corrected chi connectivity index (χ1v) is 11.7. The molecule has 0 unspecified atom stereocenters. The second kappa shape index (κ2) is 13.0. The minimum absolute atomic E-state index is 0.106. The molecule has 0 atom stereocenters. The fourth-order valence-electron chi connectivity index (χ4n) is 3.97. The van der Waals surface area contributed by atoms with Crippen LogP contribution in [0.3, 0.4) is 0 Å². The fourth-order valence-corrected chi connectivity index (χ4v) is 3.97. The second-order valence-corrected chi connectivity index (χ2v) is 8.41. The van der Waals surface area contributed by atoms with Crippen LogP contribution in [0.5, 0.6) is 11.5 Å². The molecule has 1 amide bonds. The van der Waals surface area contributed by atoms with Crippen molar-refractivity contribution < 1.29 is 14.6 Å². The van der Waals surface area contributed by atoms with E-state index in [0.29, 0.717) is 19.6 Å². The molecule has 1 aliphatic heterocycles. The number of ether oxygens (including phenoxy) is 1. The topological polar surface area (TPSA) is 61.8 Å². The van der Waals surface area contributed by atoms with Crippen LogP contribution in [0.25, 0.3) is 0 Å². The lowest BCUT2D eigenvalue weighted by Crippen LogP contribution is -2.29. The maximum absolute atomic E-state index is 12.0. The van der Waals surface area contributed by atoms with E-state index >= 15 is 0 Å². The van der Waals surface area contributed by atoms with Gasteiger partial charge in [-0.25, -0.2) is 0 Å². The molecule has 2 N–H and O–H groups in total. The molecule has 2 aromatic carbocycles. The Bertz CT molecular complexity index is 785. The quantitative estimate of drug-likeness (QED) is 0.486. The summed E-state index contributed by atoms with van der Waals surface area (Å²) in [4.78, 5) is 14.5. The SMILES string of the molecule is O=C(CCCCc1ccc(O)cc1)NCCCOc1cccc(CN2CCCCC2)c1. The van der Waals surface area contributed by atoms with Gasteiger partial charge in [0, 0.05) is 19.5 Å². The zero-order chi connectivity index (χ0) is 21.7. The first kappa shape index (κ1) is 23.1. The molecule has 5 nitrogen and oxygen atoms in total. The van der Waals surface area contributed by atoms with Crippen molar-refractivity contribution in [3.05, 3.63) is 59.7 Å². The third-order valence-electron chi connectivity index (χ3n) is 5.72. The summed E-state index contributed by atoms with van der Waals surface area (Å²) in [5.74, 6) is 1.31. The van der Waals surface area contributed by atoms with Gasteiger partial charge in [0.15, 0.2) is 0 Å². The Kier molecular flexibility index (Phi) is 9.71. The highest BCUT2D eigenvalue weighted by Crippen LogP contribution is 2.18. The van der Waals surface area contributed by atoms with Crippen LogP contribution in [-0.2, 0) is 17.8 Å². The highest BCUT2D eigenvalue weighted by molar-refractivity contribution is 5.75. The van der Waals surface area contributed by atoms with Crippen LogP contribution >= 0.6 is 0 Å². The molecule has 1 heterocycles. The van der Waals surface area contributed by atoms with E-state index in [1.807, 2.05) is 18.2 Å². The number of carbonyl (C=O) groups excluding carboxylic acids is 1. The van der Waals surface area contributed by atoms with Crippen LogP contribution in [0.1, 0.15) is 56.1 Å². The van der Waals surface area contributed by atoms with Gasteiger partial charge < -0.3 is 15.2 Å². The van der Waals surface area contributed by atoms with E-state index < -0.39 is 0 Å². The monoisotopic (exact) mass is 424 g/mol. The molecule has 3 rings (SSSR count). The normalized spacial score (nSPS) is 14.3. The number of rotatable bonds is 12. The number of benzene rings is 2. The molecule has 1 aliphatic rings. The van der Waals surface area contributed by atoms with E-state index in [0.717, 1.165) is 38.0 Å². The van der Waals surface area contributed by atoms with Crippen molar-refractivity contribution in [3.63, 3.8) is 0 Å². The summed E-state index contributed by atoms with van der Waals surface area (Å²) in [5.41, 5.74) is 2.50. The summed E-state index contributed by atoms with van der Waals surface area (Å²) in [6.45, 7) is 4.64. The fraction of sp³-hybridized carbons (Fsp3) is 0.500. The number of aromatic hydroxyl groups is 1. The Labute approximate surface area is 186 Å². The van der Waals surface area contributed by atoms with Crippen molar-refractivity contribution in [2.75, 3.05) is 26.2 Å². The van der Waals surface area contributed by atoms with Crippen molar-refractivity contribution in [1.29, 1.82) is 0 Å². The van der Waals surface area contributed by atoms with Gasteiger partial charge in [0.2, 0.25) is 5.91 Å². The number of piperidine rings is 1. The summed E-state index contributed by atoms with van der Waals surface area (Å²) in [7, 11) is 0. The molecule has 1 fully saturated rings. The number of nitrogens with one attached hydrogen (secondary N) is 1. The molecule has 5 heteroatoms. The number of phenols is 1. The number of aryl methyl sites for hydroxylation is 1. The van der Waals surface area contributed by atoms with Crippen LogP contribution in [0.15, 0.2) is 48.5 Å². The molecule has 0 bridgehead atoms. The summed E-state index contributed by atoms with van der Waals surface area (Å²) in [6.07, 6.45) is 8.09. The van der Waals surface area contributed by atoms with Gasteiger partial charge in [0.05, 0.1) is 6.61 Å². The number of carbonyl (C=O) groups is 1. The lowest BCUT2D eigenvalue weighted by molar-refractivity contribution is -0.121. The van der Waals surface area contributed by atoms with Gasteiger partial charge in [-0.3, -0.25) is 9.69 Å². The van der Waals surface area contributed by atoms with Crippen LogP contribution in [0, 0.1) is 0 Å². The van der Waals surface area contributed by atoms with E-state index in [-0.39, 0.29) is 11.7 Å². The largest absolute Gasteiger partial charge is 0.508 e. The van der Waals surface area contributed by atoms with Gasteiger partial charge in [-0.1, -0.05) is 30.7 Å². The number of nitrogens with zero attached hydrogens (tertiary/aromatic N) is 1. The van der Waals surface area contributed by atoms with E-state index in [9.17, 15) is 9.90 Å². The minimum atomic E-state index is 0.106. The van der Waals surface area contributed by atoms with Gasteiger partial charge in [0.25, 0.3) is 0 Å². The molecule has 1 saturated heterocycles. The first-order valence-electron chi connectivity index (χ1n) is 11.7. The maximum atomic E-state index is 12.0. The van der Waals surface area contributed by atoms with E-state index in [4.69, 9.17) is 4.74 Å². The Hall–Kier alpha value is -2.53. The number of hydrogen-bond donors (Lipinski definition) is 2. The number of amides is 1. The standard InChI is InChI=1S/C26H36N2O3/c29-24-14-12-22(13-15-24)8-2-3-11-26(30)27-16-7-19-31-25-10-6-9-23(20-25)21-28-17-4-1-5-18-28/h6,9-10,12-15,20,29H,1-5,7-8,11,16-19,21H2,(H,27,30). The van der Waals surface area contributed by atoms with Crippen LogP contribution in [-0.4, -0.2) is 42.2 Å². The zero-order valence-electron chi connectivity index (χ0n) is 18.5. The average molecular weight is 425 g/mol. The van der Waals surface area contributed by atoms with Crippen molar-refractivity contribution in [2.45, 2.75) is 57.9 Å². The Morgan fingerprint density at radius 3 is 2.58 bits per heavy atom. The van der Waals surface area contributed by atoms with Crippen molar-refractivity contribution in [3.8, 4) is 11.5 Å². The molecule has 0 radical (unpaired) electrons. The maximum Gasteiger partial charge on any atom is 0.219 e. The lowest BCUT2D eigenvalue weighted by Gasteiger charge is -2.26. The first-order chi connectivity index (χ1) is 15.2. The average Bonchev–Trinajstić information content (AvgIpc) is 2.79.